The Balaban J connectivity index is 1.75. The van der Waals surface area contributed by atoms with Crippen molar-refractivity contribution < 1.29 is 19.1 Å². The number of para-hydroxylation sites is 1. The van der Waals surface area contributed by atoms with Crippen LogP contribution < -0.4 is 10.1 Å². The van der Waals surface area contributed by atoms with Crippen molar-refractivity contribution in [1.29, 1.82) is 0 Å². The third-order valence-electron chi connectivity index (χ3n) is 3.93. The molecule has 1 amide bonds. The predicted molar refractivity (Wildman–Crippen MR) is 113 cm³/mol. The Labute approximate surface area is 176 Å². The number of nitrogens with zero attached hydrogens (tertiary/aromatic N) is 2. The second kappa shape index (κ2) is 9.38. The number of esters is 1. The van der Waals surface area contributed by atoms with Gasteiger partial charge in [-0.15, -0.1) is 0 Å². The number of hydrogen-bond acceptors (Lipinski definition) is 5. The summed E-state index contributed by atoms with van der Waals surface area (Å²) >= 11 is 3.42. The summed E-state index contributed by atoms with van der Waals surface area (Å²) in [6, 6.07) is 14.9. The highest BCUT2D eigenvalue weighted by molar-refractivity contribution is 9.10. The Hall–Kier alpha value is -3.13. The third-order valence-corrected chi connectivity index (χ3v) is 4.58. The van der Waals surface area contributed by atoms with Gasteiger partial charge >= 0.3 is 5.97 Å². The molecule has 0 saturated carbocycles. The zero-order chi connectivity index (χ0) is 20.8. The standard InChI is InChI=1S/C21H20BrN3O4/c1-3-28-21(27)20-18(12-25(24-20)15-7-5-4-6-8-15)29-13-19(26)23-17-10-9-14(2)11-16(17)22/h4-12H,3,13H2,1-2H3,(H,23,26). The summed E-state index contributed by atoms with van der Waals surface area (Å²) in [5.41, 5.74) is 2.47. The van der Waals surface area contributed by atoms with Crippen LogP contribution >= 0.6 is 15.9 Å². The molecule has 0 saturated heterocycles. The predicted octanol–water partition coefficient (Wildman–Crippen LogP) is 4.14. The SMILES string of the molecule is CCOC(=O)c1nn(-c2ccccc2)cc1OCC(=O)Nc1ccc(C)cc1Br. The monoisotopic (exact) mass is 457 g/mol. The summed E-state index contributed by atoms with van der Waals surface area (Å²) in [4.78, 5) is 24.5. The molecule has 0 atom stereocenters. The molecule has 3 rings (SSSR count). The van der Waals surface area contributed by atoms with Crippen LogP contribution in [0.3, 0.4) is 0 Å². The number of aryl methyl sites for hydroxylation is 1. The van der Waals surface area contributed by atoms with Crippen LogP contribution in [-0.2, 0) is 9.53 Å². The summed E-state index contributed by atoms with van der Waals surface area (Å²) < 4.78 is 12.9. The summed E-state index contributed by atoms with van der Waals surface area (Å²) in [5.74, 6) is -0.805. The van der Waals surface area contributed by atoms with Gasteiger partial charge in [0.15, 0.2) is 12.4 Å². The van der Waals surface area contributed by atoms with Crippen molar-refractivity contribution in [3.05, 3.63) is 70.5 Å². The molecule has 3 aromatic rings. The van der Waals surface area contributed by atoms with Gasteiger partial charge in [0.1, 0.15) is 0 Å². The molecule has 0 bridgehead atoms. The molecule has 1 aromatic heterocycles. The maximum atomic E-state index is 12.3. The van der Waals surface area contributed by atoms with E-state index < -0.39 is 5.97 Å². The van der Waals surface area contributed by atoms with Crippen molar-refractivity contribution in [3.8, 4) is 11.4 Å². The zero-order valence-electron chi connectivity index (χ0n) is 16.0. The Kier molecular flexibility index (Phi) is 6.66. The third kappa shape index (κ3) is 5.23. The lowest BCUT2D eigenvalue weighted by atomic mass is 10.2. The smallest absolute Gasteiger partial charge is 0.362 e. The second-order valence-electron chi connectivity index (χ2n) is 6.16. The van der Waals surface area contributed by atoms with Gasteiger partial charge in [-0.3, -0.25) is 4.79 Å². The first kappa shape index (κ1) is 20.6. The summed E-state index contributed by atoms with van der Waals surface area (Å²) in [7, 11) is 0. The molecular formula is C21H20BrN3O4. The van der Waals surface area contributed by atoms with Gasteiger partial charge in [0.25, 0.3) is 5.91 Å². The Morgan fingerprint density at radius 2 is 1.93 bits per heavy atom. The minimum absolute atomic E-state index is 0.0139. The number of benzene rings is 2. The lowest BCUT2D eigenvalue weighted by molar-refractivity contribution is -0.118. The molecule has 0 aliphatic heterocycles. The first-order valence-electron chi connectivity index (χ1n) is 8.99. The van der Waals surface area contributed by atoms with Crippen molar-refractivity contribution in [2.75, 3.05) is 18.5 Å². The minimum atomic E-state index is -0.612. The van der Waals surface area contributed by atoms with E-state index in [4.69, 9.17) is 9.47 Å². The molecular weight excluding hydrogens is 438 g/mol. The van der Waals surface area contributed by atoms with Crippen LogP contribution in [0.2, 0.25) is 0 Å². The second-order valence-corrected chi connectivity index (χ2v) is 7.02. The topological polar surface area (TPSA) is 82.4 Å². The molecule has 0 spiro atoms. The number of carbonyl (C=O) groups is 2. The number of anilines is 1. The van der Waals surface area contributed by atoms with Crippen LogP contribution in [-0.4, -0.2) is 34.9 Å². The van der Waals surface area contributed by atoms with E-state index in [1.807, 2.05) is 49.4 Å². The molecule has 0 aliphatic carbocycles. The Bertz CT molecular complexity index is 1020. The fourth-order valence-corrected chi connectivity index (χ4v) is 3.16. The summed E-state index contributed by atoms with van der Waals surface area (Å²) in [5, 5.41) is 7.03. The van der Waals surface area contributed by atoms with Crippen LogP contribution in [0, 0.1) is 6.92 Å². The van der Waals surface area contributed by atoms with E-state index in [0.29, 0.717) is 5.69 Å². The first-order chi connectivity index (χ1) is 14.0. The molecule has 1 N–H and O–H groups in total. The highest BCUT2D eigenvalue weighted by atomic mass is 79.9. The van der Waals surface area contributed by atoms with Crippen LogP contribution in [0.5, 0.6) is 5.75 Å². The lowest BCUT2D eigenvalue weighted by Crippen LogP contribution is -2.21. The van der Waals surface area contributed by atoms with E-state index in [2.05, 4.69) is 26.3 Å². The van der Waals surface area contributed by atoms with Crippen LogP contribution in [0.15, 0.2) is 59.2 Å². The average Bonchev–Trinajstić information content (AvgIpc) is 3.14. The van der Waals surface area contributed by atoms with E-state index in [1.54, 1.807) is 19.2 Å². The average molecular weight is 458 g/mol. The van der Waals surface area contributed by atoms with Gasteiger partial charge in [-0.25, -0.2) is 9.48 Å². The molecule has 2 aromatic carbocycles. The highest BCUT2D eigenvalue weighted by Crippen LogP contribution is 2.24. The van der Waals surface area contributed by atoms with Crippen LogP contribution in [0.1, 0.15) is 23.0 Å². The van der Waals surface area contributed by atoms with Crippen molar-refractivity contribution in [3.63, 3.8) is 0 Å². The normalized spacial score (nSPS) is 10.4. The largest absolute Gasteiger partial charge is 0.480 e. The molecule has 1 heterocycles. The molecule has 7 nitrogen and oxygen atoms in total. The molecule has 0 fully saturated rings. The van der Waals surface area contributed by atoms with Crippen molar-refractivity contribution >= 4 is 33.5 Å². The van der Waals surface area contributed by atoms with Crippen LogP contribution in [0.25, 0.3) is 5.69 Å². The number of halogens is 1. The molecule has 0 radical (unpaired) electrons. The summed E-state index contributed by atoms with van der Waals surface area (Å²) in [6.07, 6.45) is 1.55. The summed E-state index contributed by atoms with van der Waals surface area (Å²) in [6.45, 7) is 3.59. The number of rotatable bonds is 7. The van der Waals surface area contributed by atoms with E-state index in [9.17, 15) is 9.59 Å². The number of carbonyl (C=O) groups excluding carboxylic acids is 2. The number of ether oxygens (including phenoxy) is 2. The molecule has 150 valence electrons. The maximum absolute atomic E-state index is 12.3. The molecule has 29 heavy (non-hydrogen) atoms. The van der Waals surface area contributed by atoms with Gasteiger partial charge in [-0.2, -0.15) is 5.10 Å². The van der Waals surface area contributed by atoms with E-state index in [-0.39, 0.29) is 30.6 Å². The fourth-order valence-electron chi connectivity index (χ4n) is 2.57. The number of hydrogen-bond donors (Lipinski definition) is 1. The fraction of sp³-hybridized carbons (Fsp3) is 0.190. The van der Waals surface area contributed by atoms with Crippen molar-refractivity contribution in [1.82, 2.24) is 9.78 Å². The number of amides is 1. The molecule has 0 unspecified atom stereocenters. The van der Waals surface area contributed by atoms with Crippen molar-refractivity contribution in [2.45, 2.75) is 13.8 Å². The first-order valence-corrected chi connectivity index (χ1v) is 9.78. The quantitative estimate of drug-likeness (QED) is 0.539. The van der Waals surface area contributed by atoms with Gasteiger partial charge in [0, 0.05) is 4.47 Å². The van der Waals surface area contributed by atoms with E-state index in [1.165, 1.54) is 4.68 Å². The molecule has 0 aliphatic rings. The minimum Gasteiger partial charge on any atom is -0.480 e. The van der Waals surface area contributed by atoms with Crippen LogP contribution in [0.4, 0.5) is 5.69 Å². The molecule has 8 heteroatoms. The lowest BCUT2D eigenvalue weighted by Gasteiger charge is -2.09. The maximum Gasteiger partial charge on any atom is 0.362 e. The van der Waals surface area contributed by atoms with Gasteiger partial charge < -0.3 is 14.8 Å². The highest BCUT2D eigenvalue weighted by Gasteiger charge is 2.21. The van der Waals surface area contributed by atoms with E-state index >= 15 is 0 Å². The Morgan fingerprint density at radius 3 is 2.62 bits per heavy atom. The number of aromatic nitrogens is 2. The van der Waals surface area contributed by atoms with E-state index in [0.717, 1.165) is 15.7 Å². The number of nitrogens with one attached hydrogen (secondary N) is 1. The van der Waals surface area contributed by atoms with Crippen molar-refractivity contribution in [2.24, 2.45) is 0 Å². The van der Waals surface area contributed by atoms with Gasteiger partial charge in [-0.05, 0) is 59.6 Å². The van der Waals surface area contributed by atoms with Gasteiger partial charge in [0.2, 0.25) is 5.69 Å². The van der Waals surface area contributed by atoms with Gasteiger partial charge in [-0.1, -0.05) is 24.3 Å². The van der Waals surface area contributed by atoms with Gasteiger partial charge in [0.05, 0.1) is 24.2 Å². The zero-order valence-corrected chi connectivity index (χ0v) is 17.6. The Morgan fingerprint density at radius 1 is 1.17 bits per heavy atom.